The first-order chi connectivity index (χ1) is 8.49. The van der Waals surface area contributed by atoms with Crippen molar-refractivity contribution in [1.29, 1.82) is 0 Å². The monoisotopic (exact) mass is 255 g/mol. The van der Waals surface area contributed by atoms with Gasteiger partial charge in [0.1, 0.15) is 5.82 Å². The van der Waals surface area contributed by atoms with E-state index >= 15 is 0 Å². The number of nitrogens with one attached hydrogen (secondary N) is 1. The highest BCUT2D eigenvalue weighted by molar-refractivity contribution is 5.94. The van der Waals surface area contributed by atoms with Gasteiger partial charge < -0.3 is 14.8 Å². The van der Waals surface area contributed by atoms with Crippen molar-refractivity contribution in [2.75, 3.05) is 14.2 Å². The lowest BCUT2D eigenvalue weighted by Gasteiger charge is -2.22. The van der Waals surface area contributed by atoms with Gasteiger partial charge in [-0.3, -0.25) is 4.79 Å². The van der Waals surface area contributed by atoms with Crippen molar-refractivity contribution >= 4 is 5.91 Å². The number of aryl methyl sites for hydroxylation is 1. The molecule has 100 valence electrons. The van der Waals surface area contributed by atoms with Crippen LogP contribution >= 0.6 is 0 Å². The molecular weight excluding hydrogens is 237 g/mol. The number of rotatable bonds is 5. The molecule has 1 N–H and O–H groups in total. The number of carbonyl (C=O) groups excluding carboxylic acids is 1. The Balaban J connectivity index is 2.73. The zero-order chi connectivity index (χ0) is 13.7. The lowest BCUT2D eigenvalue weighted by Crippen LogP contribution is -2.42. The van der Waals surface area contributed by atoms with Gasteiger partial charge in [-0.25, -0.2) is 4.39 Å². The van der Waals surface area contributed by atoms with Crippen LogP contribution in [0.25, 0.3) is 0 Å². The second kappa shape index (κ2) is 6.47. The van der Waals surface area contributed by atoms with Crippen LogP contribution in [0.5, 0.6) is 0 Å². The maximum absolute atomic E-state index is 13.1. The first-order valence-electron chi connectivity index (χ1n) is 5.62. The fourth-order valence-electron chi connectivity index (χ4n) is 1.65. The summed E-state index contributed by atoms with van der Waals surface area (Å²) in [5, 5.41) is 2.73. The third-order valence-corrected chi connectivity index (χ3v) is 2.65. The van der Waals surface area contributed by atoms with E-state index in [1.807, 2.05) is 0 Å². The standard InChI is InChI=1S/C13H18FNO3/c1-8-7-10(5-6-11(8)14)12(16)15-9(2)13(17-3)18-4/h5-7,9,13H,1-4H3,(H,15,16). The molecule has 1 rings (SSSR count). The van der Waals surface area contributed by atoms with Gasteiger partial charge in [0.25, 0.3) is 5.91 Å². The highest BCUT2D eigenvalue weighted by Gasteiger charge is 2.19. The molecule has 0 heterocycles. The van der Waals surface area contributed by atoms with E-state index in [9.17, 15) is 9.18 Å². The fourth-order valence-corrected chi connectivity index (χ4v) is 1.65. The Labute approximate surface area is 106 Å². The molecule has 1 amide bonds. The highest BCUT2D eigenvalue weighted by Crippen LogP contribution is 2.10. The Morgan fingerprint density at radius 1 is 1.33 bits per heavy atom. The van der Waals surface area contributed by atoms with E-state index < -0.39 is 6.29 Å². The van der Waals surface area contributed by atoms with Crippen molar-refractivity contribution in [3.05, 3.63) is 35.1 Å². The number of amides is 1. The van der Waals surface area contributed by atoms with Gasteiger partial charge >= 0.3 is 0 Å². The van der Waals surface area contributed by atoms with Gasteiger partial charge in [0.2, 0.25) is 0 Å². The van der Waals surface area contributed by atoms with E-state index in [0.29, 0.717) is 11.1 Å². The first-order valence-corrected chi connectivity index (χ1v) is 5.62. The third kappa shape index (κ3) is 3.51. The van der Waals surface area contributed by atoms with Crippen LogP contribution < -0.4 is 5.32 Å². The summed E-state index contributed by atoms with van der Waals surface area (Å²) in [5.41, 5.74) is 0.844. The molecule has 0 saturated heterocycles. The van der Waals surface area contributed by atoms with E-state index in [-0.39, 0.29) is 17.8 Å². The minimum atomic E-state index is -0.518. The largest absolute Gasteiger partial charge is 0.354 e. The molecule has 0 aromatic heterocycles. The quantitative estimate of drug-likeness (QED) is 0.817. The van der Waals surface area contributed by atoms with Gasteiger partial charge in [-0.2, -0.15) is 0 Å². The molecule has 5 heteroatoms. The molecule has 1 atom stereocenters. The van der Waals surface area contributed by atoms with Gasteiger partial charge in [-0.15, -0.1) is 0 Å². The molecular formula is C13H18FNO3. The summed E-state index contributed by atoms with van der Waals surface area (Å²) in [5.74, 6) is -0.615. The summed E-state index contributed by atoms with van der Waals surface area (Å²) in [4.78, 5) is 11.9. The van der Waals surface area contributed by atoms with E-state index in [2.05, 4.69) is 5.32 Å². The first kappa shape index (κ1) is 14.6. The molecule has 4 nitrogen and oxygen atoms in total. The van der Waals surface area contributed by atoms with Crippen LogP contribution in [-0.4, -0.2) is 32.5 Å². The molecule has 0 aliphatic rings. The summed E-state index contributed by atoms with van der Waals surface area (Å²) < 4.78 is 23.2. The van der Waals surface area contributed by atoms with Crippen LogP contribution in [0, 0.1) is 12.7 Å². The smallest absolute Gasteiger partial charge is 0.251 e. The molecule has 0 aliphatic carbocycles. The van der Waals surface area contributed by atoms with Gasteiger partial charge in [-0.05, 0) is 37.6 Å². The summed E-state index contributed by atoms with van der Waals surface area (Å²) in [7, 11) is 3.00. The number of ether oxygens (including phenoxy) is 2. The topological polar surface area (TPSA) is 47.6 Å². The molecule has 0 spiro atoms. The SMILES string of the molecule is COC(OC)C(C)NC(=O)c1ccc(F)c(C)c1. The number of methoxy groups -OCH3 is 2. The Bertz CT molecular complexity index is 419. The minimum absolute atomic E-state index is 0.287. The lowest BCUT2D eigenvalue weighted by atomic mass is 10.1. The van der Waals surface area contributed by atoms with Gasteiger partial charge in [0.05, 0.1) is 6.04 Å². The average Bonchev–Trinajstić information content (AvgIpc) is 2.34. The number of benzene rings is 1. The summed E-state index contributed by atoms with van der Waals surface area (Å²) >= 11 is 0. The lowest BCUT2D eigenvalue weighted by molar-refractivity contribution is -0.117. The summed E-state index contributed by atoms with van der Waals surface area (Å²) in [6.45, 7) is 3.38. The maximum atomic E-state index is 13.1. The Morgan fingerprint density at radius 3 is 2.44 bits per heavy atom. The Hall–Kier alpha value is -1.46. The van der Waals surface area contributed by atoms with Crippen molar-refractivity contribution < 1.29 is 18.7 Å². The summed E-state index contributed by atoms with van der Waals surface area (Å²) in [6, 6.07) is 3.92. The number of carbonyl (C=O) groups is 1. The van der Waals surface area contributed by atoms with Gasteiger partial charge in [0.15, 0.2) is 6.29 Å². The normalized spacial score (nSPS) is 12.6. The maximum Gasteiger partial charge on any atom is 0.251 e. The van der Waals surface area contributed by atoms with Crippen LogP contribution in [0.15, 0.2) is 18.2 Å². The van der Waals surface area contributed by atoms with Crippen molar-refractivity contribution in [1.82, 2.24) is 5.32 Å². The van der Waals surface area contributed by atoms with Crippen LogP contribution in [0.1, 0.15) is 22.8 Å². The van der Waals surface area contributed by atoms with Crippen LogP contribution in [0.3, 0.4) is 0 Å². The van der Waals surface area contributed by atoms with E-state index in [1.165, 1.54) is 32.4 Å². The molecule has 18 heavy (non-hydrogen) atoms. The number of halogens is 1. The van der Waals surface area contributed by atoms with Gasteiger partial charge in [0, 0.05) is 19.8 Å². The number of hydrogen-bond donors (Lipinski definition) is 1. The van der Waals surface area contributed by atoms with Crippen LogP contribution in [-0.2, 0) is 9.47 Å². The molecule has 0 saturated carbocycles. The molecule has 0 aliphatic heterocycles. The minimum Gasteiger partial charge on any atom is -0.354 e. The Kier molecular flexibility index (Phi) is 5.25. The zero-order valence-electron chi connectivity index (χ0n) is 11.0. The van der Waals surface area contributed by atoms with E-state index in [4.69, 9.17) is 9.47 Å². The third-order valence-electron chi connectivity index (χ3n) is 2.65. The average molecular weight is 255 g/mol. The van der Waals surface area contributed by atoms with E-state index in [1.54, 1.807) is 13.8 Å². The molecule has 0 radical (unpaired) electrons. The van der Waals surface area contributed by atoms with Crippen molar-refractivity contribution in [3.8, 4) is 0 Å². The predicted octanol–water partition coefficient (Wildman–Crippen LogP) is 1.87. The fraction of sp³-hybridized carbons (Fsp3) is 0.462. The second-order valence-corrected chi connectivity index (χ2v) is 4.07. The predicted molar refractivity (Wildman–Crippen MR) is 65.9 cm³/mol. The number of hydrogen-bond acceptors (Lipinski definition) is 3. The highest BCUT2D eigenvalue weighted by atomic mass is 19.1. The van der Waals surface area contributed by atoms with Gasteiger partial charge in [-0.1, -0.05) is 0 Å². The van der Waals surface area contributed by atoms with Crippen molar-refractivity contribution in [2.45, 2.75) is 26.2 Å². The van der Waals surface area contributed by atoms with Crippen LogP contribution in [0.4, 0.5) is 4.39 Å². The molecule has 0 fully saturated rings. The van der Waals surface area contributed by atoms with Crippen LogP contribution in [0.2, 0.25) is 0 Å². The van der Waals surface area contributed by atoms with Crippen molar-refractivity contribution in [3.63, 3.8) is 0 Å². The molecule has 1 aromatic carbocycles. The molecule has 1 unspecified atom stereocenters. The Morgan fingerprint density at radius 2 is 1.94 bits per heavy atom. The van der Waals surface area contributed by atoms with Crippen molar-refractivity contribution in [2.24, 2.45) is 0 Å². The second-order valence-electron chi connectivity index (χ2n) is 4.07. The van der Waals surface area contributed by atoms with E-state index in [0.717, 1.165) is 0 Å². The molecule has 0 bridgehead atoms. The molecule has 1 aromatic rings. The zero-order valence-corrected chi connectivity index (χ0v) is 11.0. The summed E-state index contributed by atoms with van der Waals surface area (Å²) in [6.07, 6.45) is -0.518.